The fourth-order valence-corrected chi connectivity index (χ4v) is 1.36. The smallest absolute Gasteiger partial charge is 0.259 e. The molecule has 1 aromatic carbocycles. The Morgan fingerprint density at radius 2 is 2.15 bits per heavy atom. The molecule has 0 aliphatic heterocycles. The first kappa shape index (κ1) is 15.9. The van der Waals surface area contributed by atoms with Crippen LogP contribution in [0.2, 0.25) is 0 Å². The molecule has 0 bridgehead atoms. The van der Waals surface area contributed by atoms with Gasteiger partial charge in [-0.2, -0.15) is 5.26 Å². The van der Waals surface area contributed by atoms with Gasteiger partial charge in [-0.05, 0) is 25.0 Å². The number of nitrogens with one attached hydrogen (secondary N) is 1. The van der Waals surface area contributed by atoms with Crippen LogP contribution in [0, 0.1) is 28.9 Å². The highest BCUT2D eigenvalue weighted by atomic mass is 19.1. The highest BCUT2D eigenvalue weighted by molar-refractivity contribution is 5.78. The summed E-state index contributed by atoms with van der Waals surface area (Å²) in [5.41, 5.74) is -1.03. The van der Waals surface area contributed by atoms with Crippen LogP contribution in [0.5, 0.6) is 5.75 Å². The maximum Gasteiger partial charge on any atom is 0.259 e. The minimum atomic E-state index is -1.03. The molecule has 1 N–H and O–H groups in total. The van der Waals surface area contributed by atoms with Gasteiger partial charge in [0, 0.05) is 6.07 Å². The van der Waals surface area contributed by atoms with Crippen LogP contribution in [0.25, 0.3) is 0 Å². The molecule has 6 heteroatoms. The van der Waals surface area contributed by atoms with E-state index in [4.69, 9.17) is 10.00 Å². The molecule has 0 aromatic heterocycles. The first-order chi connectivity index (χ1) is 9.28. The molecule has 0 saturated carbocycles. The Hall–Kier alpha value is -2.16. The first-order valence-electron chi connectivity index (χ1n) is 6.08. The summed E-state index contributed by atoms with van der Waals surface area (Å²) < 4.78 is 30.9. The lowest BCUT2D eigenvalue weighted by atomic mass is 9.90. The molecule has 0 fully saturated rings. The summed E-state index contributed by atoms with van der Waals surface area (Å²) >= 11 is 0. The molecule has 0 heterocycles. The number of hydrogen-bond donors (Lipinski definition) is 1. The minimum absolute atomic E-state index is 0.0981. The molecule has 1 rings (SSSR count). The van der Waals surface area contributed by atoms with Crippen molar-refractivity contribution in [3.63, 3.8) is 0 Å². The van der Waals surface area contributed by atoms with E-state index in [1.807, 2.05) is 6.07 Å². The number of halogens is 2. The van der Waals surface area contributed by atoms with E-state index in [-0.39, 0.29) is 11.7 Å². The van der Waals surface area contributed by atoms with Crippen molar-refractivity contribution in [1.82, 2.24) is 5.32 Å². The molecule has 0 unspecified atom stereocenters. The molecule has 1 amide bonds. The molecular weight excluding hydrogens is 266 g/mol. The van der Waals surface area contributed by atoms with Crippen molar-refractivity contribution in [3.8, 4) is 11.8 Å². The lowest BCUT2D eigenvalue weighted by molar-refractivity contribution is -0.124. The molecule has 0 aliphatic rings. The van der Waals surface area contributed by atoms with Crippen LogP contribution >= 0.6 is 0 Å². The standard InChI is InChI=1S/C14H16F2N2O2/c1-9(2)14(3,8-17)18-13(19)7-20-12-5-4-10(15)6-11(12)16/h4-6,9H,7H2,1-3H3,(H,18,19)/t14-/m1/s1. The van der Waals surface area contributed by atoms with Crippen LogP contribution in [0.3, 0.4) is 0 Å². The van der Waals surface area contributed by atoms with Crippen LogP contribution in [-0.2, 0) is 4.79 Å². The number of ether oxygens (including phenoxy) is 1. The van der Waals surface area contributed by atoms with Crippen LogP contribution in [0.1, 0.15) is 20.8 Å². The Morgan fingerprint density at radius 3 is 2.65 bits per heavy atom. The van der Waals surface area contributed by atoms with E-state index in [0.29, 0.717) is 6.07 Å². The van der Waals surface area contributed by atoms with Crippen molar-refractivity contribution in [2.24, 2.45) is 5.92 Å². The van der Waals surface area contributed by atoms with Crippen LogP contribution in [0.4, 0.5) is 8.78 Å². The number of carbonyl (C=O) groups is 1. The summed E-state index contributed by atoms with van der Waals surface area (Å²) in [6.45, 7) is 4.73. The van der Waals surface area contributed by atoms with Crippen molar-refractivity contribution >= 4 is 5.91 Å². The van der Waals surface area contributed by atoms with Gasteiger partial charge in [-0.1, -0.05) is 13.8 Å². The largest absolute Gasteiger partial charge is 0.481 e. The molecule has 1 aromatic rings. The third-order valence-corrected chi connectivity index (χ3v) is 3.04. The van der Waals surface area contributed by atoms with E-state index >= 15 is 0 Å². The lowest BCUT2D eigenvalue weighted by Crippen LogP contribution is -2.50. The van der Waals surface area contributed by atoms with Crippen molar-refractivity contribution in [1.29, 1.82) is 5.26 Å². The number of amides is 1. The van der Waals surface area contributed by atoms with Gasteiger partial charge in [0.05, 0.1) is 6.07 Å². The van der Waals surface area contributed by atoms with Crippen molar-refractivity contribution < 1.29 is 18.3 Å². The van der Waals surface area contributed by atoms with Gasteiger partial charge in [0.15, 0.2) is 18.2 Å². The van der Waals surface area contributed by atoms with Gasteiger partial charge in [-0.15, -0.1) is 0 Å². The number of rotatable bonds is 5. The second-order valence-electron chi connectivity index (χ2n) is 4.88. The zero-order valence-electron chi connectivity index (χ0n) is 11.5. The average molecular weight is 282 g/mol. The summed E-state index contributed by atoms with van der Waals surface area (Å²) in [4.78, 5) is 11.7. The second kappa shape index (κ2) is 6.33. The van der Waals surface area contributed by atoms with Gasteiger partial charge >= 0.3 is 0 Å². The highest BCUT2D eigenvalue weighted by Gasteiger charge is 2.30. The summed E-state index contributed by atoms with van der Waals surface area (Å²) in [6, 6.07) is 4.81. The minimum Gasteiger partial charge on any atom is -0.481 e. The number of nitriles is 1. The van der Waals surface area contributed by atoms with E-state index in [0.717, 1.165) is 12.1 Å². The number of hydrogen-bond acceptors (Lipinski definition) is 3. The normalized spacial score (nSPS) is 13.4. The van der Waals surface area contributed by atoms with Gasteiger partial charge in [0.1, 0.15) is 11.4 Å². The predicted octanol–water partition coefficient (Wildman–Crippen LogP) is 2.40. The van der Waals surface area contributed by atoms with Gasteiger partial charge in [-0.3, -0.25) is 4.79 Å². The molecule has 0 radical (unpaired) electrons. The average Bonchev–Trinajstić information content (AvgIpc) is 2.37. The maximum absolute atomic E-state index is 13.3. The van der Waals surface area contributed by atoms with Crippen LogP contribution in [-0.4, -0.2) is 18.1 Å². The van der Waals surface area contributed by atoms with Gasteiger partial charge in [0.25, 0.3) is 5.91 Å². The van der Waals surface area contributed by atoms with E-state index in [1.165, 1.54) is 0 Å². The molecule has 0 aliphatic carbocycles. The summed E-state index contributed by atoms with van der Waals surface area (Å²) in [5.74, 6) is -2.48. The Bertz CT molecular complexity index is 540. The third kappa shape index (κ3) is 3.92. The van der Waals surface area contributed by atoms with E-state index in [2.05, 4.69) is 5.32 Å². The lowest BCUT2D eigenvalue weighted by Gasteiger charge is -2.27. The predicted molar refractivity (Wildman–Crippen MR) is 68.9 cm³/mol. The fourth-order valence-electron chi connectivity index (χ4n) is 1.36. The SMILES string of the molecule is CC(C)[C@@](C)(C#N)NC(=O)COc1ccc(F)cc1F. The Balaban J connectivity index is 2.62. The first-order valence-corrected chi connectivity index (χ1v) is 6.08. The van der Waals surface area contributed by atoms with Crippen molar-refractivity contribution in [2.45, 2.75) is 26.3 Å². The highest BCUT2D eigenvalue weighted by Crippen LogP contribution is 2.18. The Morgan fingerprint density at radius 1 is 1.50 bits per heavy atom. The molecule has 20 heavy (non-hydrogen) atoms. The summed E-state index contributed by atoms with van der Waals surface area (Å²) in [5, 5.41) is 11.6. The molecule has 1 atom stereocenters. The molecule has 4 nitrogen and oxygen atoms in total. The topological polar surface area (TPSA) is 62.1 Å². The molecule has 108 valence electrons. The Kier molecular flexibility index (Phi) is 5.03. The van der Waals surface area contributed by atoms with Gasteiger partial charge < -0.3 is 10.1 Å². The fraction of sp³-hybridized carbons (Fsp3) is 0.429. The van der Waals surface area contributed by atoms with Crippen molar-refractivity contribution in [3.05, 3.63) is 29.8 Å². The quantitative estimate of drug-likeness (QED) is 0.902. The summed E-state index contributed by atoms with van der Waals surface area (Å²) in [6.07, 6.45) is 0. The van der Waals surface area contributed by atoms with Crippen LogP contribution < -0.4 is 10.1 Å². The van der Waals surface area contributed by atoms with E-state index in [9.17, 15) is 13.6 Å². The zero-order chi connectivity index (χ0) is 15.3. The molecular formula is C14H16F2N2O2. The van der Waals surface area contributed by atoms with E-state index < -0.39 is 29.7 Å². The monoisotopic (exact) mass is 282 g/mol. The summed E-state index contributed by atoms with van der Waals surface area (Å²) in [7, 11) is 0. The van der Waals surface area contributed by atoms with Crippen molar-refractivity contribution in [2.75, 3.05) is 6.61 Å². The maximum atomic E-state index is 13.3. The van der Waals surface area contributed by atoms with Gasteiger partial charge in [-0.25, -0.2) is 8.78 Å². The van der Waals surface area contributed by atoms with Crippen LogP contribution in [0.15, 0.2) is 18.2 Å². The van der Waals surface area contributed by atoms with E-state index in [1.54, 1.807) is 20.8 Å². The second-order valence-corrected chi connectivity index (χ2v) is 4.88. The number of nitrogens with zero attached hydrogens (tertiary/aromatic N) is 1. The molecule has 0 saturated heterocycles. The number of carbonyl (C=O) groups excluding carboxylic acids is 1. The third-order valence-electron chi connectivity index (χ3n) is 3.04. The number of benzene rings is 1. The molecule has 0 spiro atoms. The van der Waals surface area contributed by atoms with Gasteiger partial charge in [0.2, 0.25) is 0 Å². The Labute approximate surface area is 116 Å². The zero-order valence-corrected chi connectivity index (χ0v) is 11.5.